The van der Waals surface area contributed by atoms with Gasteiger partial charge >= 0.3 is 0 Å². The van der Waals surface area contributed by atoms with Gasteiger partial charge in [-0.25, -0.2) is 0 Å². The molecule has 0 amide bonds. The van der Waals surface area contributed by atoms with Crippen LogP contribution in [0, 0.1) is 0 Å². The lowest BCUT2D eigenvalue weighted by Gasteiger charge is -2.25. The molecule has 0 aromatic carbocycles. The third-order valence-corrected chi connectivity index (χ3v) is 3.80. The van der Waals surface area contributed by atoms with Crippen molar-refractivity contribution in [1.82, 2.24) is 10.3 Å². The van der Waals surface area contributed by atoms with Gasteiger partial charge < -0.3 is 15.3 Å². The second-order valence-electron chi connectivity index (χ2n) is 4.86. The van der Waals surface area contributed by atoms with Crippen molar-refractivity contribution in [1.29, 1.82) is 0 Å². The van der Waals surface area contributed by atoms with Crippen molar-refractivity contribution in [2.45, 2.75) is 38.3 Å². The number of rotatable bonds is 5. The minimum Gasteiger partial charge on any atom is -0.394 e. The van der Waals surface area contributed by atoms with Crippen LogP contribution in [0.15, 0.2) is 18.3 Å². The number of nitrogens with one attached hydrogen (secondary N) is 1. The summed E-state index contributed by atoms with van der Waals surface area (Å²) in [6, 6.07) is 4.80. The Labute approximate surface area is 109 Å². The van der Waals surface area contributed by atoms with Crippen LogP contribution in [0.2, 0.25) is 0 Å². The van der Waals surface area contributed by atoms with E-state index in [1.807, 2.05) is 13.2 Å². The number of aromatic nitrogens is 1. The van der Waals surface area contributed by atoms with E-state index in [0.717, 1.165) is 37.2 Å². The van der Waals surface area contributed by atoms with Crippen molar-refractivity contribution >= 4 is 5.69 Å². The van der Waals surface area contributed by atoms with Gasteiger partial charge in [-0.1, -0.05) is 6.92 Å². The number of hydrogen-bond donors (Lipinski definition) is 2. The first kappa shape index (κ1) is 13.3. The fourth-order valence-electron chi connectivity index (χ4n) is 2.70. The molecule has 0 radical (unpaired) electrons. The Morgan fingerprint density at radius 3 is 2.94 bits per heavy atom. The van der Waals surface area contributed by atoms with E-state index in [-0.39, 0.29) is 12.6 Å². The highest BCUT2D eigenvalue weighted by Crippen LogP contribution is 2.25. The highest BCUT2D eigenvalue weighted by Gasteiger charge is 2.24. The molecule has 100 valence electrons. The van der Waals surface area contributed by atoms with E-state index in [0.29, 0.717) is 6.04 Å². The molecule has 1 aromatic rings. The molecule has 4 nitrogen and oxygen atoms in total. The van der Waals surface area contributed by atoms with Crippen LogP contribution in [0.25, 0.3) is 0 Å². The van der Waals surface area contributed by atoms with Crippen LogP contribution >= 0.6 is 0 Å². The second-order valence-corrected chi connectivity index (χ2v) is 4.86. The van der Waals surface area contributed by atoms with Crippen LogP contribution in [0.5, 0.6) is 0 Å². The van der Waals surface area contributed by atoms with Crippen LogP contribution in [0.1, 0.15) is 37.9 Å². The van der Waals surface area contributed by atoms with E-state index >= 15 is 0 Å². The van der Waals surface area contributed by atoms with Gasteiger partial charge in [0, 0.05) is 12.6 Å². The molecule has 2 atom stereocenters. The summed E-state index contributed by atoms with van der Waals surface area (Å²) in [7, 11) is 1.96. The molecule has 0 aliphatic carbocycles. The van der Waals surface area contributed by atoms with Crippen molar-refractivity contribution in [2.24, 2.45) is 0 Å². The summed E-state index contributed by atoms with van der Waals surface area (Å²) in [6.45, 7) is 3.41. The van der Waals surface area contributed by atoms with Gasteiger partial charge in [0.15, 0.2) is 0 Å². The van der Waals surface area contributed by atoms with Crippen LogP contribution in [0.4, 0.5) is 5.69 Å². The van der Waals surface area contributed by atoms with E-state index in [9.17, 15) is 5.11 Å². The largest absolute Gasteiger partial charge is 0.394 e. The first-order chi connectivity index (χ1) is 8.80. The zero-order valence-electron chi connectivity index (χ0n) is 11.3. The quantitative estimate of drug-likeness (QED) is 0.834. The van der Waals surface area contributed by atoms with Gasteiger partial charge in [-0.15, -0.1) is 0 Å². The number of nitrogens with zero attached hydrogens (tertiary/aromatic N) is 2. The van der Waals surface area contributed by atoms with E-state index in [1.54, 1.807) is 0 Å². The summed E-state index contributed by atoms with van der Waals surface area (Å²) in [5.41, 5.74) is 2.21. The highest BCUT2D eigenvalue weighted by atomic mass is 16.3. The smallest absolute Gasteiger partial charge is 0.0635 e. The van der Waals surface area contributed by atoms with E-state index in [4.69, 9.17) is 0 Å². The first-order valence-corrected chi connectivity index (χ1v) is 6.80. The first-order valence-electron chi connectivity index (χ1n) is 6.80. The van der Waals surface area contributed by atoms with Crippen LogP contribution in [0.3, 0.4) is 0 Å². The zero-order chi connectivity index (χ0) is 13.0. The molecule has 1 fully saturated rings. The number of aliphatic hydroxyl groups is 1. The molecule has 1 saturated heterocycles. The molecule has 2 rings (SSSR count). The van der Waals surface area contributed by atoms with Gasteiger partial charge in [0.05, 0.1) is 30.2 Å². The van der Waals surface area contributed by atoms with E-state index < -0.39 is 0 Å². The topological polar surface area (TPSA) is 48.4 Å². The van der Waals surface area contributed by atoms with Gasteiger partial charge in [-0.3, -0.25) is 4.98 Å². The SMILES string of the molecule is CCC(NC)c1ccc(N2CCCC2CO)cn1. The second kappa shape index (κ2) is 6.16. The maximum Gasteiger partial charge on any atom is 0.0635 e. The predicted octanol–water partition coefficient (Wildman–Crippen LogP) is 1.71. The van der Waals surface area contributed by atoms with Gasteiger partial charge in [0.2, 0.25) is 0 Å². The molecule has 0 bridgehead atoms. The zero-order valence-corrected chi connectivity index (χ0v) is 11.3. The Bertz CT molecular complexity index is 362. The maximum atomic E-state index is 9.34. The van der Waals surface area contributed by atoms with Crippen LogP contribution < -0.4 is 10.2 Å². The van der Waals surface area contributed by atoms with Gasteiger partial charge in [0.25, 0.3) is 0 Å². The fourth-order valence-corrected chi connectivity index (χ4v) is 2.70. The standard InChI is InChI=1S/C14H23N3O/c1-3-13(15-2)14-7-6-11(9-16-14)17-8-4-5-12(17)10-18/h6-7,9,12-13,15,18H,3-5,8,10H2,1-2H3. The van der Waals surface area contributed by atoms with Crippen molar-refractivity contribution in [3.63, 3.8) is 0 Å². The molecule has 4 heteroatoms. The van der Waals surface area contributed by atoms with E-state index in [1.165, 1.54) is 0 Å². The summed E-state index contributed by atoms with van der Waals surface area (Å²) in [5.74, 6) is 0. The Kier molecular flexibility index (Phi) is 4.55. The van der Waals surface area contributed by atoms with Crippen LogP contribution in [-0.2, 0) is 0 Å². The molecule has 1 aromatic heterocycles. The Hall–Kier alpha value is -1.13. The lowest BCUT2D eigenvalue weighted by Crippen LogP contribution is -2.32. The lowest BCUT2D eigenvalue weighted by atomic mass is 10.1. The van der Waals surface area contributed by atoms with Crippen molar-refractivity contribution in [2.75, 3.05) is 25.1 Å². The minimum absolute atomic E-state index is 0.232. The van der Waals surface area contributed by atoms with Gasteiger partial charge in [0.1, 0.15) is 0 Å². The summed E-state index contributed by atoms with van der Waals surface area (Å²) in [4.78, 5) is 6.81. The average Bonchev–Trinajstić information content (AvgIpc) is 2.89. The lowest BCUT2D eigenvalue weighted by molar-refractivity contribution is 0.266. The van der Waals surface area contributed by atoms with Crippen molar-refractivity contribution < 1.29 is 5.11 Å². The molecule has 2 unspecified atom stereocenters. The molecular weight excluding hydrogens is 226 g/mol. The number of anilines is 1. The Morgan fingerprint density at radius 1 is 1.56 bits per heavy atom. The summed E-state index contributed by atoms with van der Waals surface area (Å²) in [5, 5.41) is 12.6. The Balaban J connectivity index is 2.12. The van der Waals surface area contributed by atoms with Crippen LogP contribution in [-0.4, -0.2) is 36.3 Å². The third kappa shape index (κ3) is 2.65. The highest BCUT2D eigenvalue weighted by molar-refractivity contribution is 5.47. The molecule has 1 aliphatic rings. The van der Waals surface area contributed by atoms with Crippen molar-refractivity contribution in [3.8, 4) is 0 Å². The van der Waals surface area contributed by atoms with Gasteiger partial charge in [-0.2, -0.15) is 0 Å². The molecular formula is C14H23N3O. The number of hydrogen-bond acceptors (Lipinski definition) is 4. The molecule has 1 aliphatic heterocycles. The Morgan fingerprint density at radius 2 is 2.39 bits per heavy atom. The van der Waals surface area contributed by atoms with Gasteiger partial charge in [-0.05, 0) is 38.4 Å². The molecule has 0 saturated carbocycles. The molecule has 0 spiro atoms. The summed E-state index contributed by atoms with van der Waals surface area (Å²) < 4.78 is 0. The molecule has 2 N–H and O–H groups in total. The summed E-state index contributed by atoms with van der Waals surface area (Å²) in [6.07, 6.45) is 5.20. The monoisotopic (exact) mass is 249 g/mol. The molecule has 18 heavy (non-hydrogen) atoms. The molecule has 2 heterocycles. The minimum atomic E-state index is 0.232. The van der Waals surface area contributed by atoms with E-state index in [2.05, 4.69) is 34.3 Å². The predicted molar refractivity (Wildman–Crippen MR) is 73.8 cm³/mol. The average molecular weight is 249 g/mol. The normalized spacial score (nSPS) is 21.3. The maximum absolute atomic E-state index is 9.34. The summed E-state index contributed by atoms with van der Waals surface area (Å²) >= 11 is 0. The fraction of sp³-hybridized carbons (Fsp3) is 0.643. The van der Waals surface area contributed by atoms with Crippen molar-refractivity contribution in [3.05, 3.63) is 24.0 Å². The third-order valence-electron chi connectivity index (χ3n) is 3.80. The number of aliphatic hydroxyl groups excluding tert-OH is 1. The number of pyridine rings is 1.